The van der Waals surface area contributed by atoms with Crippen LogP contribution in [0.2, 0.25) is 0 Å². The first-order valence-corrected chi connectivity index (χ1v) is 11.8. The van der Waals surface area contributed by atoms with Crippen molar-refractivity contribution in [2.75, 3.05) is 0 Å². The van der Waals surface area contributed by atoms with Gasteiger partial charge >= 0.3 is 0 Å². The van der Waals surface area contributed by atoms with E-state index >= 15 is 0 Å². The SMILES string of the molecule is CC1(C)CC(N2C=NC(C(Cl)(Cl)Cl)=NC2c2ccc(C(Cl)(Cl)Cl)cc2)CC(C)(C)N1. The van der Waals surface area contributed by atoms with Gasteiger partial charge in [0.25, 0.3) is 0 Å². The van der Waals surface area contributed by atoms with E-state index in [1.165, 1.54) is 0 Å². The minimum atomic E-state index is -1.72. The molecule has 1 aromatic rings. The molecule has 2 heterocycles. The molecule has 1 unspecified atom stereocenters. The molecular weight excluding hydrogens is 509 g/mol. The third-order valence-electron chi connectivity index (χ3n) is 5.22. The van der Waals surface area contributed by atoms with E-state index in [-0.39, 0.29) is 23.0 Å². The number of piperidine rings is 1. The Labute approximate surface area is 207 Å². The lowest BCUT2D eigenvalue weighted by Crippen LogP contribution is -2.62. The van der Waals surface area contributed by atoms with Crippen LogP contribution in [0.25, 0.3) is 0 Å². The highest BCUT2D eigenvalue weighted by Gasteiger charge is 2.43. The molecule has 0 aliphatic carbocycles. The van der Waals surface area contributed by atoms with Crippen LogP contribution in [-0.2, 0) is 3.79 Å². The zero-order valence-corrected chi connectivity index (χ0v) is 21.6. The lowest BCUT2D eigenvalue weighted by molar-refractivity contribution is 0.0871. The largest absolute Gasteiger partial charge is 0.334 e. The number of benzene rings is 1. The van der Waals surface area contributed by atoms with E-state index in [1.54, 1.807) is 18.5 Å². The molecule has 0 bridgehead atoms. The van der Waals surface area contributed by atoms with Crippen molar-refractivity contribution >= 4 is 81.8 Å². The molecule has 3 rings (SSSR count). The summed E-state index contributed by atoms with van der Waals surface area (Å²) in [5, 5.41) is 3.70. The molecule has 1 atom stereocenters. The fourth-order valence-corrected chi connectivity index (χ4v) is 5.08. The summed E-state index contributed by atoms with van der Waals surface area (Å²) in [6.45, 7) is 8.79. The average molecular weight is 533 g/mol. The van der Waals surface area contributed by atoms with Gasteiger partial charge in [0, 0.05) is 22.7 Å². The molecule has 1 aromatic carbocycles. The first kappa shape index (κ1) is 24.7. The zero-order valence-electron chi connectivity index (χ0n) is 17.1. The quantitative estimate of drug-likeness (QED) is 0.419. The Morgan fingerprint density at radius 1 is 0.900 bits per heavy atom. The lowest BCUT2D eigenvalue weighted by Gasteiger charge is -2.50. The molecule has 30 heavy (non-hydrogen) atoms. The number of amidine groups is 1. The van der Waals surface area contributed by atoms with Gasteiger partial charge in [-0.2, -0.15) is 0 Å². The number of nitrogens with zero attached hydrogens (tertiary/aromatic N) is 3. The van der Waals surface area contributed by atoms with Crippen LogP contribution in [0.5, 0.6) is 0 Å². The highest BCUT2D eigenvalue weighted by molar-refractivity contribution is 6.76. The van der Waals surface area contributed by atoms with Gasteiger partial charge in [0.05, 0.1) is 6.34 Å². The van der Waals surface area contributed by atoms with Gasteiger partial charge in [-0.25, -0.2) is 9.98 Å². The molecule has 0 saturated carbocycles. The van der Waals surface area contributed by atoms with Crippen molar-refractivity contribution in [3.63, 3.8) is 0 Å². The maximum Gasteiger partial charge on any atom is 0.249 e. The van der Waals surface area contributed by atoms with Crippen LogP contribution in [0.15, 0.2) is 34.3 Å². The van der Waals surface area contributed by atoms with Crippen LogP contribution in [0.4, 0.5) is 0 Å². The summed E-state index contributed by atoms with van der Waals surface area (Å²) in [5.74, 6) is 0.145. The van der Waals surface area contributed by atoms with Crippen molar-refractivity contribution in [3.05, 3.63) is 35.4 Å². The molecule has 2 aliphatic rings. The summed E-state index contributed by atoms with van der Waals surface area (Å²) in [4.78, 5) is 11.2. The van der Waals surface area contributed by atoms with Crippen LogP contribution in [-0.4, -0.2) is 38.0 Å². The fraction of sp³-hybridized carbons (Fsp3) is 0.600. The van der Waals surface area contributed by atoms with Gasteiger partial charge < -0.3 is 10.2 Å². The first-order chi connectivity index (χ1) is 13.6. The van der Waals surface area contributed by atoms with Crippen molar-refractivity contribution in [2.24, 2.45) is 9.98 Å². The maximum atomic E-state index is 6.08. The molecule has 1 N–H and O–H groups in total. The van der Waals surface area contributed by atoms with E-state index in [2.05, 4.69) is 42.9 Å². The summed E-state index contributed by atoms with van der Waals surface area (Å²) in [6.07, 6.45) is 3.14. The van der Waals surface area contributed by atoms with E-state index < -0.39 is 13.8 Å². The Balaban J connectivity index is 2.00. The summed E-state index contributed by atoms with van der Waals surface area (Å²) < 4.78 is -3.22. The molecule has 0 amide bonds. The number of hydrogen-bond donors (Lipinski definition) is 1. The third kappa shape index (κ3) is 5.89. The van der Waals surface area contributed by atoms with Crippen LogP contribution in [0.3, 0.4) is 0 Å². The second-order valence-electron chi connectivity index (χ2n) is 9.09. The smallest absolute Gasteiger partial charge is 0.249 e. The van der Waals surface area contributed by atoms with E-state index in [0.29, 0.717) is 5.56 Å². The number of nitrogens with one attached hydrogen (secondary N) is 1. The molecule has 0 aromatic heterocycles. The van der Waals surface area contributed by atoms with Gasteiger partial charge in [0.15, 0.2) is 5.84 Å². The molecule has 1 fully saturated rings. The second kappa shape index (κ2) is 8.44. The molecule has 2 aliphatic heterocycles. The number of alkyl halides is 6. The molecule has 4 nitrogen and oxygen atoms in total. The van der Waals surface area contributed by atoms with Crippen molar-refractivity contribution in [2.45, 2.75) is 71.4 Å². The summed E-state index contributed by atoms with van der Waals surface area (Å²) >= 11 is 36.3. The molecular formula is C20H24Cl6N4. The van der Waals surface area contributed by atoms with Crippen molar-refractivity contribution in [1.82, 2.24) is 10.2 Å². The first-order valence-electron chi connectivity index (χ1n) is 9.51. The van der Waals surface area contributed by atoms with Gasteiger partial charge in [-0.15, -0.1) is 0 Å². The summed E-state index contributed by atoms with van der Waals surface area (Å²) in [5.41, 5.74) is 1.36. The van der Waals surface area contributed by atoms with Gasteiger partial charge in [0.1, 0.15) is 6.17 Å². The highest BCUT2D eigenvalue weighted by Crippen LogP contribution is 2.41. The van der Waals surface area contributed by atoms with Crippen LogP contribution < -0.4 is 5.32 Å². The Morgan fingerprint density at radius 2 is 1.43 bits per heavy atom. The van der Waals surface area contributed by atoms with E-state index in [1.807, 2.05) is 12.1 Å². The van der Waals surface area contributed by atoms with Crippen LogP contribution >= 0.6 is 69.6 Å². The van der Waals surface area contributed by atoms with Crippen molar-refractivity contribution < 1.29 is 0 Å². The van der Waals surface area contributed by atoms with E-state index in [4.69, 9.17) is 74.6 Å². The maximum absolute atomic E-state index is 6.08. The topological polar surface area (TPSA) is 40.0 Å². The Hall–Kier alpha value is 0.0600. The predicted molar refractivity (Wildman–Crippen MR) is 131 cm³/mol. The van der Waals surface area contributed by atoms with Crippen LogP contribution in [0, 0.1) is 0 Å². The highest BCUT2D eigenvalue weighted by atomic mass is 35.6. The third-order valence-corrected chi connectivity index (χ3v) is 6.38. The van der Waals surface area contributed by atoms with Crippen molar-refractivity contribution in [1.29, 1.82) is 0 Å². The number of aliphatic imine (C=N–C) groups is 2. The molecule has 0 spiro atoms. The van der Waals surface area contributed by atoms with E-state index in [0.717, 1.165) is 18.4 Å². The fourth-order valence-electron chi connectivity index (χ4n) is 4.41. The minimum Gasteiger partial charge on any atom is -0.334 e. The summed E-state index contributed by atoms with van der Waals surface area (Å²) in [7, 11) is 0. The Bertz CT molecular complexity index is 820. The minimum absolute atomic E-state index is 0.0522. The van der Waals surface area contributed by atoms with Gasteiger partial charge in [-0.05, 0) is 46.1 Å². The number of rotatable bonds is 2. The number of halogens is 6. The normalized spacial score (nSPS) is 24.7. The predicted octanol–water partition coefficient (Wildman–Crippen LogP) is 6.93. The Kier molecular flexibility index (Phi) is 6.95. The van der Waals surface area contributed by atoms with Crippen molar-refractivity contribution in [3.8, 4) is 0 Å². The second-order valence-corrected chi connectivity index (χ2v) is 13.7. The standard InChI is InChI=1S/C20H24Cl6N4/c1-17(2)9-14(10-18(3,4)29-17)30-11-27-16(20(24,25)26)28-15(30)12-5-7-13(8-6-12)19(21,22)23/h5-8,11,14-15,29H,9-10H2,1-4H3. The molecule has 166 valence electrons. The number of hydrogen-bond acceptors (Lipinski definition) is 4. The van der Waals surface area contributed by atoms with Crippen LogP contribution in [0.1, 0.15) is 57.8 Å². The van der Waals surface area contributed by atoms with Gasteiger partial charge in [-0.3, -0.25) is 0 Å². The summed E-state index contributed by atoms with van der Waals surface area (Å²) in [6, 6.07) is 7.48. The average Bonchev–Trinajstić information content (AvgIpc) is 2.57. The Morgan fingerprint density at radius 3 is 1.90 bits per heavy atom. The molecule has 0 radical (unpaired) electrons. The van der Waals surface area contributed by atoms with E-state index in [9.17, 15) is 0 Å². The zero-order chi connectivity index (χ0) is 22.5. The lowest BCUT2D eigenvalue weighted by atomic mass is 9.79. The van der Waals surface area contributed by atoms with Gasteiger partial charge in [-0.1, -0.05) is 93.9 Å². The monoisotopic (exact) mass is 530 g/mol. The molecule has 10 heteroatoms. The molecule has 1 saturated heterocycles. The van der Waals surface area contributed by atoms with Gasteiger partial charge in [0.2, 0.25) is 7.59 Å².